The first-order valence-electron chi connectivity index (χ1n) is 11.9. The number of hydrogen-bond acceptors (Lipinski definition) is 6. The Labute approximate surface area is 215 Å². The van der Waals surface area contributed by atoms with E-state index in [-0.39, 0.29) is 16.8 Å². The summed E-state index contributed by atoms with van der Waals surface area (Å²) in [5, 5.41) is 10.3. The van der Waals surface area contributed by atoms with Crippen molar-refractivity contribution in [3.05, 3.63) is 95.5 Å². The number of para-hydroxylation sites is 1. The maximum absolute atomic E-state index is 14.1. The Morgan fingerprint density at radius 1 is 1.03 bits per heavy atom. The SMILES string of the molecule is C=C(O)CC1c2ccccc2N=C(N2CCN(c3cccc(OC)c3)CC2)N1c1ccc(F)c(Cl)c1. The molecule has 0 saturated carbocycles. The molecule has 36 heavy (non-hydrogen) atoms. The van der Waals surface area contributed by atoms with E-state index >= 15 is 0 Å². The first-order valence-corrected chi connectivity index (χ1v) is 12.2. The van der Waals surface area contributed by atoms with Crippen molar-refractivity contribution >= 4 is 34.6 Å². The highest BCUT2D eigenvalue weighted by Gasteiger charge is 2.35. The van der Waals surface area contributed by atoms with Crippen LogP contribution >= 0.6 is 11.6 Å². The molecule has 186 valence electrons. The van der Waals surface area contributed by atoms with Crippen LogP contribution in [0.3, 0.4) is 0 Å². The Bertz CT molecular complexity index is 1310. The van der Waals surface area contributed by atoms with Gasteiger partial charge in [-0.05, 0) is 36.4 Å². The van der Waals surface area contributed by atoms with Crippen LogP contribution in [0.1, 0.15) is 18.0 Å². The topological polar surface area (TPSA) is 51.5 Å². The summed E-state index contributed by atoms with van der Waals surface area (Å²) in [6, 6.07) is 20.3. The van der Waals surface area contributed by atoms with Crippen LogP contribution in [0, 0.1) is 5.82 Å². The first-order chi connectivity index (χ1) is 17.4. The maximum Gasteiger partial charge on any atom is 0.207 e. The van der Waals surface area contributed by atoms with Crippen LogP contribution in [0.25, 0.3) is 0 Å². The number of guanidine groups is 1. The molecule has 2 aliphatic heterocycles. The molecule has 0 aliphatic carbocycles. The summed E-state index contributed by atoms with van der Waals surface area (Å²) in [4.78, 5) is 11.6. The van der Waals surface area contributed by atoms with Crippen LogP contribution in [-0.2, 0) is 0 Å². The quantitative estimate of drug-likeness (QED) is 0.410. The molecule has 0 radical (unpaired) electrons. The lowest BCUT2D eigenvalue weighted by Gasteiger charge is -2.45. The van der Waals surface area contributed by atoms with E-state index in [0.717, 1.165) is 54.8 Å². The van der Waals surface area contributed by atoms with Gasteiger partial charge in [-0.2, -0.15) is 0 Å². The molecule has 0 bridgehead atoms. The van der Waals surface area contributed by atoms with Gasteiger partial charge in [0.1, 0.15) is 11.6 Å². The molecule has 5 rings (SSSR count). The highest BCUT2D eigenvalue weighted by atomic mass is 35.5. The number of aliphatic hydroxyl groups excluding tert-OH is 1. The lowest BCUT2D eigenvalue weighted by Crippen LogP contribution is -2.55. The Morgan fingerprint density at radius 2 is 1.78 bits per heavy atom. The third kappa shape index (κ3) is 4.71. The van der Waals surface area contributed by atoms with Gasteiger partial charge in [-0.15, -0.1) is 0 Å². The fourth-order valence-electron chi connectivity index (χ4n) is 4.86. The van der Waals surface area contributed by atoms with Crippen LogP contribution < -0.4 is 14.5 Å². The third-order valence-electron chi connectivity index (χ3n) is 6.63. The lowest BCUT2D eigenvalue weighted by atomic mass is 9.97. The number of rotatable bonds is 5. The normalized spacial score (nSPS) is 17.5. The second kappa shape index (κ2) is 10.1. The zero-order chi connectivity index (χ0) is 25.2. The third-order valence-corrected chi connectivity index (χ3v) is 6.92. The predicted molar refractivity (Wildman–Crippen MR) is 143 cm³/mol. The largest absolute Gasteiger partial charge is 0.513 e. The van der Waals surface area contributed by atoms with E-state index in [0.29, 0.717) is 12.1 Å². The smallest absolute Gasteiger partial charge is 0.207 e. The van der Waals surface area contributed by atoms with Gasteiger partial charge in [-0.25, -0.2) is 9.38 Å². The van der Waals surface area contributed by atoms with E-state index in [9.17, 15) is 9.50 Å². The minimum absolute atomic E-state index is 0.0372. The molecular weight excluding hydrogens is 479 g/mol. The predicted octanol–water partition coefficient (Wildman–Crippen LogP) is 6.32. The second-order valence-corrected chi connectivity index (χ2v) is 9.31. The number of hydrogen-bond donors (Lipinski definition) is 1. The van der Waals surface area contributed by atoms with E-state index in [1.807, 2.05) is 47.4 Å². The summed E-state index contributed by atoms with van der Waals surface area (Å²) >= 11 is 6.19. The van der Waals surface area contributed by atoms with Crippen molar-refractivity contribution in [3.63, 3.8) is 0 Å². The van der Waals surface area contributed by atoms with Gasteiger partial charge in [0.2, 0.25) is 5.96 Å². The Morgan fingerprint density at radius 3 is 2.50 bits per heavy atom. The highest BCUT2D eigenvalue weighted by molar-refractivity contribution is 6.31. The number of piperazine rings is 1. The highest BCUT2D eigenvalue weighted by Crippen LogP contribution is 2.42. The molecule has 1 unspecified atom stereocenters. The fourth-order valence-corrected chi connectivity index (χ4v) is 5.04. The number of benzene rings is 3. The summed E-state index contributed by atoms with van der Waals surface area (Å²) in [5.74, 6) is 1.16. The molecule has 1 saturated heterocycles. The summed E-state index contributed by atoms with van der Waals surface area (Å²) in [5.41, 5.74) is 3.63. The average molecular weight is 507 g/mol. The lowest BCUT2D eigenvalue weighted by molar-refractivity contribution is 0.359. The molecule has 0 spiro atoms. The van der Waals surface area contributed by atoms with Crippen molar-refractivity contribution in [1.82, 2.24) is 4.90 Å². The molecule has 0 amide bonds. The van der Waals surface area contributed by atoms with Crippen molar-refractivity contribution in [3.8, 4) is 5.75 Å². The minimum atomic E-state index is -0.480. The van der Waals surface area contributed by atoms with Gasteiger partial charge >= 0.3 is 0 Å². The Kier molecular flexibility index (Phi) is 6.74. The number of anilines is 2. The minimum Gasteiger partial charge on any atom is -0.513 e. The number of ether oxygens (including phenoxy) is 1. The summed E-state index contributed by atoms with van der Waals surface area (Å²) < 4.78 is 19.5. The van der Waals surface area contributed by atoms with E-state index in [4.69, 9.17) is 21.3 Å². The molecule has 2 heterocycles. The molecule has 8 heteroatoms. The van der Waals surface area contributed by atoms with E-state index in [1.54, 1.807) is 19.2 Å². The van der Waals surface area contributed by atoms with Crippen molar-refractivity contribution in [2.75, 3.05) is 43.1 Å². The van der Waals surface area contributed by atoms with Gasteiger partial charge in [0.25, 0.3) is 0 Å². The van der Waals surface area contributed by atoms with Gasteiger partial charge < -0.3 is 24.5 Å². The number of halogens is 2. The summed E-state index contributed by atoms with van der Waals surface area (Å²) in [7, 11) is 1.67. The molecule has 3 aromatic rings. The van der Waals surface area contributed by atoms with Gasteiger partial charge in [0.05, 0.1) is 29.6 Å². The van der Waals surface area contributed by atoms with Crippen LogP contribution in [-0.4, -0.2) is 49.3 Å². The molecule has 1 N–H and O–H groups in total. The Balaban J connectivity index is 1.50. The molecule has 1 atom stereocenters. The average Bonchev–Trinajstić information content (AvgIpc) is 2.90. The van der Waals surface area contributed by atoms with E-state index in [2.05, 4.69) is 22.4 Å². The molecule has 6 nitrogen and oxygen atoms in total. The van der Waals surface area contributed by atoms with Crippen LogP contribution in [0.5, 0.6) is 5.75 Å². The molecule has 0 aromatic heterocycles. The van der Waals surface area contributed by atoms with Crippen molar-refractivity contribution < 1.29 is 14.2 Å². The van der Waals surface area contributed by atoms with Crippen LogP contribution in [0.4, 0.5) is 21.5 Å². The van der Waals surface area contributed by atoms with Crippen molar-refractivity contribution in [2.45, 2.75) is 12.5 Å². The number of aliphatic imine (C=N–C) groups is 1. The second-order valence-electron chi connectivity index (χ2n) is 8.90. The standard InChI is InChI=1S/C28H28ClFN4O2/c1-19(35)16-27-23-8-3-4-9-26(23)31-28(34(27)21-10-11-25(30)24(29)18-21)33-14-12-32(13-15-33)20-6-5-7-22(17-20)36-2/h3-11,17-18,27,35H,1,12-16H2,2H3. The maximum atomic E-state index is 14.1. The first kappa shape index (κ1) is 24.0. The van der Waals surface area contributed by atoms with Crippen molar-refractivity contribution in [1.29, 1.82) is 0 Å². The van der Waals surface area contributed by atoms with Crippen molar-refractivity contribution in [2.24, 2.45) is 4.99 Å². The van der Waals surface area contributed by atoms with Gasteiger partial charge in [0, 0.05) is 55.6 Å². The Hall–Kier alpha value is -3.71. The molecule has 1 fully saturated rings. The summed E-state index contributed by atoms with van der Waals surface area (Å²) in [6.07, 6.45) is 0.300. The molecule has 3 aromatic carbocycles. The van der Waals surface area contributed by atoms with Gasteiger partial charge in [-0.3, -0.25) is 0 Å². The monoisotopic (exact) mass is 506 g/mol. The summed E-state index contributed by atoms with van der Waals surface area (Å²) in [6.45, 7) is 6.80. The number of fused-ring (bicyclic) bond motifs is 1. The number of aliphatic hydroxyl groups is 1. The van der Waals surface area contributed by atoms with E-state index in [1.165, 1.54) is 6.07 Å². The zero-order valence-electron chi connectivity index (χ0n) is 20.1. The fraction of sp³-hybridized carbons (Fsp3) is 0.250. The number of methoxy groups -OCH3 is 1. The van der Waals surface area contributed by atoms with E-state index < -0.39 is 5.82 Å². The number of nitrogens with zero attached hydrogens (tertiary/aromatic N) is 4. The van der Waals surface area contributed by atoms with Gasteiger partial charge in [0.15, 0.2) is 0 Å². The van der Waals surface area contributed by atoms with Gasteiger partial charge in [-0.1, -0.05) is 42.4 Å². The molecular formula is C28H28ClFN4O2. The molecule has 2 aliphatic rings. The van der Waals surface area contributed by atoms with Crippen LogP contribution in [0.2, 0.25) is 5.02 Å². The zero-order valence-corrected chi connectivity index (χ0v) is 20.8. The van der Waals surface area contributed by atoms with Crippen LogP contribution in [0.15, 0.2) is 84.1 Å².